The molecule has 0 bridgehead atoms. The van der Waals surface area contributed by atoms with Crippen LogP contribution in [0.1, 0.15) is 35.5 Å². The molecule has 0 aliphatic carbocycles. The second-order valence-corrected chi connectivity index (χ2v) is 2.91. The zero-order valence-corrected chi connectivity index (χ0v) is 8.00. The number of primary amides is 1. The number of hydrogen-bond donors (Lipinski definition) is 1. The van der Waals surface area contributed by atoms with Crippen LogP contribution in [0.3, 0.4) is 0 Å². The summed E-state index contributed by atoms with van der Waals surface area (Å²) in [6, 6.07) is 1.83. The lowest BCUT2D eigenvalue weighted by molar-refractivity contribution is 0.0999. The molecule has 13 heavy (non-hydrogen) atoms. The number of nitrogens with two attached hydrogens (primary N) is 1. The van der Waals surface area contributed by atoms with E-state index in [1.807, 2.05) is 19.9 Å². The van der Waals surface area contributed by atoms with Gasteiger partial charge in [0.25, 0.3) is 5.91 Å². The van der Waals surface area contributed by atoms with Gasteiger partial charge in [0.2, 0.25) is 0 Å². The maximum Gasteiger partial charge on any atom is 0.250 e. The van der Waals surface area contributed by atoms with Crippen LogP contribution < -0.4 is 5.73 Å². The number of aryl methyl sites for hydroxylation is 2. The van der Waals surface area contributed by atoms with Crippen molar-refractivity contribution < 1.29 is 4.79 Å². The first-order chi connectivity index (χ1) is 6.19. The first-order valence-electron chi connectivity index (χ1n) is 4.46. The Morgan fingerprint density at radius 1 is 1.46 bits per heavy atom. The van der Waals surface area contributed by atoms with Crippen molar-refractivity contribution in [2.24, 2.45) is 5.73 Å². The molecule has 0 saturated heterocycles. The molecule has 0 unspecified atom stereocenters. The fraction of sp³-hybridized carbons (Fsp3) is 0.400. The molecular formula is C10H14N2O. The molecular weight excluding hydrogens is 164 g/mol. The predicted octanol–water partition coefficient (Wildman–Crippen LogP) is 1.31. The van der Waals surface area contributed by atoms with E-state index in [1.54, 1.807) is 6.20 Å². The molecule has 1 amide bonds. The Balaban J connectivity index is 3.18. The molecule has 0 fully saturated rings. The lowest BCUT2D eigenvalue weighted by Crippen LogP contribution is -2.15. The summed E-state index contributed by atoms with van der Waals surface area (Å²) in [5.41, 5.74) is 7.62. The Bertz CT molecular complexity index is 321. The van der Waals surface area contributed by atoms with Gasteiger partial charge in [-0.25, -0.2) is 0 Å². The van der Waals surface area contributed by atoms with Crippen LogP contribution in [0, 0.1) is 0 Å². The monoisotopic (exact) mass is 178 g/mol. The van der Waals surface area contributed by atoms with Gasteiger partial charge in [0.1, 0.15) is 0 Å². The number of rotatable bonds is 3. The summed E-state index contributed by atoms with van der Waals surface area (Å²) in [6.45, 7) is 3.98. The Morgan fingerprint density at radius 2 is 2.15 bits per heavy atom. The highest BCUT2D eigenvalue weighted by Gasteiger charge is 2.08. The third-order valence-corrected chi connectivity index (χ3v) is 2.04. The van der Waals surface area contributed by atoms with Gasteiger partial charge in [-0.15, -0.1) is 0 Å². The van der Waals surface area contributed by atoms with Crippen molar-refractivity contribution in [2.45, 2.75) is 26.7 Å². The molecule has 0 spiro atoms. The zero-order chi connectivity index (χ0) is 9.84. The van der Waals surface area contributed by atoms with Crippen molar-refractivity contribution in [1.82, 2.24) is 4.98 Å². The van der Waals surface area contributed by atoms with E-state index < -0.39 is 0 Å². The summed E-state index contributed by atoms with van der Waals surface area (Å²) in [5.74, 6) is -0.389. The lowest BCUT2D eigenvalue weighted by atomic mass is 10.1. The molecule has 0 aliphatic rings. The normalized spacial score (nSPS) is 10.0. The molecule has 0 saturated carbocycles. The summed E-state index contributed by atoms with van der Waals surface area (Å²) >= 11 is 0. The average molecular weight is 178 g/mol. The minimum atomic E-state index is -0.389. The maximum atomic E-state index is 11.0. The third kappa shape index (κ3) is 2.05. The molecule has 3 heteroatoms. The largest absolute Gasteiger partial charge is 0.366 e. The SMILES string of the molecule is CCc1cnc(CC)c(C(N)=O)c1. The highest BCUT2D eigenvalue weighted by atomic mass is 16.1. The van der Waals surface area contributed by atoms with E-state index in [1.165, 1.54) is 0 Å². The van der Waals surface area contributed by atoms with Gasteiger partial charge >= 0.3 is 0 Å². The van der Waals surface area contributed by atoms with Gasteiger partial charge in [0.15, 0.2) is 0 Å². The van der Waals surface area contributed by atoms with Crippen molar-refractivity contribution in [3.8, 4) is 0 Å². The minimum absolute atomic E-state index is 0.389. The highest BCUT2D eigenvalue weighted by Crippen LogP contribution is 2.09. The molecule has 0 aliphatic heterocycles. The predicted molar refractivity (Wildman–Crippen MR) is 51.5 cm³/mol. The van der Waals surface area contributed by atoms with Crippen molar-refractivity contribution in [3.63, 3.8) is 0 Å². The van der Waals surface area contributed by atoms with E-state index in [0.29, 0.717) is 5.56 Å². The number of aromatic nitrogens is 1. The number of carbonyl (C=O) groups is 1. The average Bonchev–Trinajstić information content (AvgIpc) is 2.16. The zero-order valence-electron chi connectivity index (χ0n) is 8.00. The minimum Gasteiger partial charge on any atom is -0.366 e. The van der Waals surface area contributed by atoms with Gasteiger partial charge in [-0.1, -0.05) is 13.8 Å². The number of amides is 1. The summed E-state index contributed by atoms with van der Waals surface area (Å²) in [7, 11) is 0. The second-order valence-electron chi connectivity index (χ2n) is 2.91. The van der Waals surface area contributed by atoms with Crippen molar-refractivity contribution in [1.29, 1.82) is 0 Å². The third-order valence-electron chi connectivity index (χ3n) is 2.04. The van der Waals surface area contributed by atoms with Crippen LogP contribution in [0.4, 0.5) is 0 Å². The highest BCUT2D eigenvalue weighted by molar-refractivity contribution is 5.94. The Kier molecular flexibility index (Phi) is 3.01. The van der Waals surface area contributed by atoms with Crippen molar-refractivity contribution in [3.05, 3.63) is 29.1 Å². The maximum absolute atomic E-state index is 11.0. The number of pyridine rings is 1. The summed E-state index contributed by atoms with van der Waals surface area (Å²) < 4.78 is 0. The molecule has 0 atom stereocenters. The van der Waals surface area contributed by atoms with Gasteiger partial charge in [0, 0.05) is 6.20 Å². The molecule has 1 rings (SSSR count). The number of carbonyl (C=O) groups excluding carboxylic acids is 1. The molecule has 0 radical (unpaired) electrons. The molecule has 70 valence electrons. The van der Waals surface area contributed by atoms with Gasteiger partial charge in [-0.3, -0.25) is 9.78 Å². The van der Waals surface area contributed by atoms with E-state index in [-0.39, 0.29) is 5.91 Å². The number of hydrogen-bond acceptors (Lipinski definition) is 2. The molecule has 1 aromatic rings. The Labute approximate surface area is 78.0 Å². The van der Waals surface area contributed by atoms with E-state index >= 15 is 0 Å². The summed E-state index contributed by atoms with van der Waals surface area (Å²) in [6.07, 6.45) is 3.41. The molecule has 0 aromatic carbocycles. The van der Waals surface area contributed by atoms with Crippen LogP contribution in [0.25, 0.3) is 0 Å². The van der Waals surface area contributed by atoms with Crippen molar-refractivity contribution >= 4 is 5.91 Å². The molecule has 3 nitrogen and oxygen atoms in total. The topological polar surface area (TPSA) is 56.0 Å². The van der Waals surface area contributed by atoms with Gasteiger partial charge in [-0.2, -0.15) is 0 Å². The van der Waals surface area contributed by atoms with Crippen LogP contribution in [0.2, 0.25) is 0 Å². The van der Waals surface area contributed by atoms with Gasteiger partial charge in [-0.05, 0) is 24.5 Å². The van der Waals surface area contributed by atoms with Gasteiger partial charge in [0.05, 0.1) is 11.3 Å². The Hall–Kier alpha value is -1.38. The lowest BCUT2D eigenvalue weighted by Gasteiger charge is -2.04. The van der Waals surface area contributed by atoms with E-state index in [4.69, 9.17) is 5.73 Å². The quantitative estimate of drug-likeness (QED) is 0.758. The molecule has 2 N–H and O–H groups in total. The van der Waals surface area contributed by atoms with Crippen LogP contribution >= 0.6 is 0 Å². The van der Waals surface area contributed by atoms with E-state index in [9.17, 15) is 4.79 Å². The van der Waals surface area contributed by atoms with Gasteiger partial charge < -0.3 is 5.73 Å². The fourth-order valence-electron chi connectivity index (χ4n) is 1.22. The van der Waals surface area contributed by atoms with E-state index in [0.717, 1.165) is 24.1 Å². The van der Waals surface area contributed by atoms with Crippen LogP contribution in [0.15, 0.2) is 12.3 Å². The fourth-order valence-corrected chi connectivity index (χ4v) is 1.22. The smallest absolute Gasteiger partial charge is 0.250 e. The van der Waals surface area contributed by atoms with Crippen LogP contribution in [0.5, 0.6) is 0 Å². The van der Waals surface area contributed by atoms with Crippen molar-refractivity contribution in [2.75, 3.05) is 0 Å². The molecule has 1 heterocycles. The Morgan fingerprint density at radius 3 is 2.62 bits per heavy atom. The van der Waals surface area contributed by atoms with E-state index in [2.05, 4.69) is 4.98 Å². The standard InChI is InChI=1S/C10H14N2O/c1-3-7-5-8(10(11)13)9(4-2)12-6-7/h5-6H,3-4H2,1-2H3,(H2,11,13). The van der Waals surface area contributed by atoms with Crippen LogP contribution in [-0.4, -0.2) is 10.9 Å². The molecule has 1 aromatic heterocycles. The second kappa shape index (κ2) is 4.03. The van der Waals surface area contributed by atoms with Crippen LogP contribution in [-0.2, 0) is 12.8 Å². The first-order valence-corrected chi connectivity index (χ1v) is 4.46. The summed E-state index contributed by atoms with van der Waals surface area (Å²) in [4.78, 5) is 15.2. The first kappa shape index (κ1) is 9.71. The number of nitrogens with zero attached hydrogens (tertiary/aromatic N) is 1. The summed E-state index contributed by atoms with van der Waals surface area (Å²) in [5, 5.41) is 0.